The van der Waals surface area contributed by atoms with E-state index in [1.165, 1.54) is 0 Å². The Balaban J connectivity index is 1.71. The summed E-state index contributed by atoms with van der Waals surface area (Å²) in [7, 11) is 5.73. The van der Waals surface area contributed by atoms with Gasteiger partial charge in [0.1, 0.15) is 0 Å². The Morgan fingerprint density at radius 2 is 2.32 bits per heavy atom. The molecule has 3 rings (SSSR count). The highest BCUT2D eigenvalue weighted by Gasteiger charge is 2.37. The predicted molar refractivity (Wildman–Crippen MR) is 104 cm³/mol. The number of likely N-dealkylation sites (N-methyl/N-ethyl adjacent to an activating group) is 1. The number of methoxy groups -OCH3 is 1. The molecule has 1 aliphatic heterocycles. The van der Waals surface area contributed by atoms with Gasteiger partial charge in [-0.05, 0) is 39.1 Å². The fourth-order valence-corrected chi connectivity index (χ4v) is 3.51. The third-order valence-electron chi connectivity index (χ3n) is 5.01. The van der Waals surface area contributed by atoms with E-state index in [-0.39, 0.29) is 18.0 Å². The van der Waals surface area contributed by atoms with Gasteiger partial charge in [-0.25, -0.2) is 4.79 Å². The molecular formula is C19H28N6O3. The molecule has 0 spiro atoms. The van der Waals surface area contributed by atoms with Crippen LogP contribution >= 0.6 is 0 Å². The van der Waals surface area contributed by atoms with Crippen molar-refractivity contribution in [3.63, 3.8) is 0 Å². The Kier molecular flexibility index (Phi) is 6.94. The molecule has 2 aromatic heterocycles. The second-order valence-electron chi connectivity index (χ2n) is 7.15. The predicted octanol–water partition coefficient (Wildman–Crippen LogP) is 1.60. The van der Waals surface area contributed by atoms with Gasteiger partial charge in [-0.2, -0.15) is 4.98 Å². The van der Waals surface area contributed by atoms with Crippen LogP contribution in [0.25, 0.3) is 11.4 Å². The van der Waals surface area contributed by atoms with E-state index in [2.05, 4.69) is 25.3 Å². The summed E-state index contributed by atoms with van der Waals surface area (Å²) in [5, 5.41) is 7.07. The van der Waals surface area contributed by atoms with Gasteiger partial charge < -0.3 is 24.4 Å². The van der Waals surface area contributed by atoms with E-state index < -0.39 is 0 Å². The molecule has 28 heavy (non-hydrogen) atoms. The van der Waals surface area contributed by atoms with Crippen molar-refractivity contribution in [3.05, 3.63) is 30.4 Å². The molecular weight excluding hydrogens is 360 g/mol. The molecule has 1 N–H and O–H groups in total. The number of carbonyl (C=O) groups is 1. The van der Waals surface area contributed by atoms with Crippen LogP contribution in [-0.2, 0) is 4.74 Å². The Hall–Kier alpha value is -2.52. The number of hydrogen-bond acceptors (Lipinski definition) is 7. The standard InChI is InChI=1S/C19H28N6O3/c1-24(2)16-7-10-25(19(26)21-9-5-11-27-3)13-15(16)18-22-17(23-28-18)14-6-4-8-20-12-14/h4,6,8,12,15-16H,5,7,9-11,13H2,1-3H3,(H,21,26). The lowest BCUT2D eigenvalue weighted by molar-refractivity contribution is 0.115. The number of hydrogen-bond donors (Lipinski definition) is 1. The summed E-state index contributed by atoms with van der Waals surface area (Å²) in [6.45, 7) is 2.45. The third kappa shape index (κ3) is 4.85. The Morgan fingerprint density at radius 3 is 3.04 bits per heavy atom. The van der Waals surface area contributed by atoms with Crippen molar-refractivity contribution in [2.45, 2.75) is 24.8 Å². The van der Waals surface area contributed by atoms with Gasteiger partial charge in [0.05, 0.1) is 5.92 Å². The van der Waals surface area contributed by atoms with Gasteiger partial charge >= 0.3 is 6.03 Å². The van der Waals surface area contributed by atoms with E-state index in [1.54, 1.807) is 19.5 Å². The summed E-state index contributed by atoms with van der Waals surface area (Å²) in [5.74, 6) is 1.02. The van der Waals surface area contributed by atoms with Crippen molar-refractivity contribution in [1.29, 1.82) is 0 Å². The second-order valence-corrected chi connectivity index (χ2v) is 7.15. The van der Waals surface area contributed by atoms with Crippen LogP contribution in [0.5, 0.6) is 0 Å². The highest BCUT2D eigenvalue weighted by atomic mass is 16.5. The topological polar surface area (TPSA) is 96.6 Å². The summed E-state index contributed by atoms with van der Waals surface area (Å²) in [6, 6.07) is 3.89. The number of carbonyl (C=O) groups excluding carboxylic acids is 1. The minimum Gasteiger partial charge on any atom is -0.385 e. The maximum atomic E-state index is 12.5. The van der Waals surface area contributed by atoms with Crippen molar-refractivity contribution >= 4 is 6.03 Å². The van der Waals surface area contributed by atoms with Gasteiger partial charge in [-0.15, -0.1) is 0 Å². The molecule has 0 saturated carbocycles. The van der Waals surface area contributed by atoms with Gasteiger partial charge in [0.2, 0.25) is 11.7 Å². The Morgan fingerprint density at radius 1 is 1.46 bits per heavy atom. The number of amides is 2. The van der Waals surface area contributed by atoms with Crippen molar-refractivity contribution in [2.75, 3.05) is 47.4 Å². The summed E-state index contributed by atoms with van der Waals surface area (Å²) >= 11 is 0. The number of nitrogens with zero attached hydrogens (tertiary/aromatic N) is 5. The number of nitrogens with one attached hydrogen (secondary N) is 1. The zero-order valence-electron chi connectivity index (χ0n) is 16.7. The second kappa shape index (κ2) is 9.61. The summed E-state index contributed by atoms with van der Waals surface area (Å²) < 4.78 is 10.6. The smallest absolute Gasteiger partial charge is 0.317 e. The number of aromatic nitrogens is 3. The van der Waals surface area contributed by atoms with E-state index in [0.29, 0.717) is 38.0 Å². The molecule has 2 atom stereocenters. The van der Waals surface area contributed by atoms with Crippen LogP contribution < -0.4 is 5.32 Å². The lowest BCUT2D eigenvalue weighted by Gasteiger charge is -2.39. The first kappa shape index (κ1) is 20.2. The zero-order chi connectivity index (χ0) is 19.9. The van der Waals surface area contributed by atoms with Crippen LogP contribution in [0, 0.1) is 0 Å². The largest absolute Gasteiger partial charge is 0.385 e. The van der Waals surface area contributed by atoms with Crippen molar-refractivity contribution in [3.8, 4) is 11.4 Å². The molecule has 2 amide bonds. The zero-order valence-corrected chi connectivity index (χ0v) is 16.7. The summed E-state index contributed by atoms with van der Waals surface area (Å²) in [6.07, 6.45) is 5.04. The summed E-state index contributed by atoms with van der Waals surface area (Å²) in [4.78, 5) is 25.2. The Bertz CT molecular complexity index is 751. The van der Waals surface area contributed by atoms with Crippen LogP contribution in [0.1, 0.15) is 24.7 Å². The van der Waals surface area contributed by atoms with E-state index in [1.807, 2.05) is 31.1 Å². The van der Waals surface area contributed by atoms with Gasteiger partial charge in [-0.3, -0.25) is 4.98 Å². The van der Waals surface area contributed by atoms with Gasteiger partial charge in [0.15, 0.2) is 0 Å². The molecule has 0 radical (unpaired) electrons. The number of rotatable bonds is 7. The first-order valence-electron chi connectivity index (χ1n) is 9.52. The average Bonchev–Trinajstić information content (AvgIpc) is 3.21. The van der Waals surface area contributed by atoms with Crippen LogP contribution in [0.2, 0.25) is 0 Å². The molecule has 1 saturated heterocycles. The molecule has 2 unspecified atom stereocenters. The van der Waals surface area contributed by atoms with Crippen LogP contribution in [-0.4, -0.2) is 84.4 Å². The minimum absolute atomic E-state index is 0.0496. The van der Waals surface area contributed by atoms with E-state index in [0.717, 1.165) is 18.4 Å². The maximum Gasteiger partial charge on any atom is 0.317 e. The SMILES string of the molecule is COCCCNC(=O)N1CCC(N(C)C)C(c2nc(-c3cccnc3)no2)C1. The first-order valence-corrected chi connectivity index (χ1v) is 9.52. The van der Waals surface area contributed by atoms with Crippen molar-refractivity contribution in [2.24, 2.45) is 0 Å². The monoisotopic (exact) mass is 388 g/mol. The normalized spacial score (nSPS) is 19.8. The third-order valence-corrected chi connectivity index (χ3v) is 5.01. The fraction of sp³-hybridized carbons (Fsp3) is 0.579. The molecule has 2 aromatic rings. The number of piperidine rings is 1. The number of ether oxygens (including phenoxy) is 1. The van der Waals surface area contributed by atoms with E-state index in [4.69, 9.17) is 9.26 Å². The molecule has 9 nitrogen and oxygen atoms in total. The Labute approximate surface area is 165 Å². The molecule has 0 aromatic carbocycles. The lowest BCUT2D eigenvalue weighted by atomic mass is 9.91. The average molecular weight is 388 g/mol. The fourth-order valence-electron chi connectivity index (χ4n) is 3.51. The van der Waals surface area contributed by atoms with Gasteiger partial charge in [0.25, 0.3) is 0 Å². The first-order chi connectivity index (χ1) is 13.6. The molecule has 1 aliphatic rings. The van der Waals surface area contributed by atoms with Crippen LogP contribution in [0.4, 0.5) is 4.79 Å². The molecule has 0 bridgehead atoms. The van der Waals surface area contributed by atoms with Gasteiger partial charge in [0, 0.05) is 57.3 Å². The number of likely N-dealkylation sites (tertiary alicyclic amines) is 1. The lowest BCUT2D eigenvalue weighted by Crippen LogP contribution is -2.52. The van der Waals surface area contributed by atoms with Crippen LogP contribution in [0.15, 0.2) is 29.0 Å². The highest BCUT2D eigenvalue weighted by Crippen LogP contribution is 2.30. The molecule has 0 aliphatic carbocycles. The number of urea groups is 1. The highest BCUT2D eigenvalue weighted by molar-refractivity contribution is 5.74. The minimum atomic E-state index is -0.0645. The molecule has 3 heterocycles. The van der Waals surface area contributed by atoms with E-state index >= 15 is 0 Å². The van der Waals surface area contributed by atoms with Gasteiger partial charge in [-0.1, -0.05) is 5.16 Å². The van der Waals surface area contributed by atoms with E-state index in [9.17, 15) is 4.79 Å². The van der Waals surface area contributed by atoms with Crippen molar-refractivity contribution < 1.29 is 14.1 Å². The number of pyridine rings is 1. The summed E-state index contributed by atoms with van der Waals surface area (Å²) in [5.41, 5.74) is 0.808. The quantitative estimate of drug-likeness (QED) is 0.720. The van der Waals surface area contributed by atoms with Crippen molar-refractivity contribution in [1.82, 2.24) is 30.2 Å². The molecule has 152 valence electrons. The maximum absolute atomic E-state index is 12.5. The van der Waals surface area contributed by atoms with Crippen LogP contribution in [0.3, 0.4) is 0 Å². The molecule has 9 heteroatoms. The molecule has 1 fully saturated rings.